The van der Waals surface area contributed by atoms with E-state index in [2.05, 4.69) is 20.5 Å². The van der Waals surface area contributed by atoms with E-state index < -0.39 is 36.8 Å². The third-order valence-corrected chi connectivity index (χ3v) is 5.85. The van der Waals surface area contributed by atoms with Gasteiger partial charge in [-0.15, -0.1) is 0 Å². The summed E-state index contributed by atoms with van der Waals surface area (Å²) in [5.74, 6) is -2.29. The molecule has 0 radical (unpaired) electrons. The number of pyridine rings is 1. The lowest BCUT2D eigenvalue weighted by Crippen LogP contribution is -2.40. The average molecular weight is 471 g/mol. The van der Waals surface area contributed by atoms with Gasteiger partial charge in [-0.1, -0.05) is 32.9 Å². The van der Waals surface area contributed by atoms with Crippen LogP contribution in [0.15, 0.2) is 42.5 Å². The molecule has 0 saturated carbocycles. The van der Waals surface area contributed by atoms with Crippen LogP contribution in [0, 0.1) is 11.6 Å². The van der Waals surface area contributed by atoms with Crippen molar-refractivity contribution >= 4 is 5.91 Å². The van der Waals surface area contributed by atoms with Crippen LogP contribution in [0.1, 0.15) is 66.5 Å². The van der Waals surface area contributed by atoms with E-state index in [0.717, 1.165) is 12.0 Å². The lowest BCUT2D eigenvalue weighted by Gasteiger charge is -2.20. The van der Waals surface area contributed by atoms with Gasteiger partial charge in [0.05, 0.1) is 41.9 Å². The molecule has 3 N–H and O–H groups in total. The molecule has 9 heteroatoms. The number of aliphatic hydroxyl groups is 2. The van der Waals surface area contributed by atoms with Crippen molar-refractivity contribution in [3.8, 4) is 11.3 Å². The lowest BCUT2D eigenvalue weighted by atomic mass is 9.89. The number of nitrogens with zero attached hydrogens (tertiary/aromatic N) is 3. The summed E-state index contributed by atoms with van der Waals surface area (Å²) in [6.07, 6.45) is 0.768. The minimum absolute atomic E-state index is 0.0304. The number of hydrogen-bond donors (Lipinski definition) is 3. The summed E-state index contributed by atoms with van der Waals surface area (Å²) in [6, 6.07) is 9.50. The number of carbonyl (C=O) groups is 1. The Morgan fingerprint density at radius 3 is 2.29 bits per heavy atom. The number of aromatic nitrogens is 3. The van der Waals surface area contributed by atoms with Crippen molar-refractivity contribution in [2.45, 2.75) is 45.1 Å². The topological polar surface area (TPSA) is 108 Å². The molecule has 0 fully saturated rings. The molecule has 7 nitrogen and oxygen atoms in total. The first-order chi connectivity index (χ1) is 16.3. The molecule has 0 aliphatic heterocycles. The molecule has 0 bridgehead atoms. The summed E-state index contributed by atoms with van der Waals surface area (Å²) in [6.45, 7) is 5.07. The molecule has 0 saturated heterocycles. The molecule has 1 amide bonds. The lowest BCUT2D eigenvalue weighted by molar-refractivity contribution is 0.0874. The van der Waals surface area contributed by atoms with Gasteiger partial charge in [-0.3, -0.25) is 4.79 Å². The molecule has 34 heavy (non-hydrogen) atoms. The van der Waals surface area contributed by atoms with Crippen LogP contribution in [0.3, 0.4) is 0 Å². The fourth-order valence-electron chi connectivity index (χ4n) is 3.60. The standard InChI is InChI=1S/C25H28F2N4O3/c1-4-14(2)17-11-22(23-18(26)7-5-8-19(23)27)30-31-24(17)15(3)20-9-6-10-21(29-20)25(34)28-16(12-32)13-33/h5-11,14-16,32-33H,4,12-13H2,1-3H3,(H,28,34)/t14-,15?/m1/s1. The van der Waals surface area contributed by atoms with Crippen molar-refractivity contribution in [1.29, 1.82) is 0 Å². The van der Waals surface area contributed by atoms with Crippen LogP contribution in [0.4, 0.5) is 8.78 Å². The van der Waals surface area contributed by atoms with E-state index in [1.54, 1.807) is 18.2 Å². The third kappa shape index (κ3) is 5.43. The van der Waals surface area contributed by atoms with Gasteiger partial charge in [-0.25, -0.2) is 13.8 Å². The molecule has 0 aliphatic rings. The molecule has 3 rings (SSSR count). The van der Waals surface area contributed by atoms with E-state index >= 15 is 0 Å². The van der Waals surface area contributed by atoms with E-state index in [4.69, 9.17) is 0 Å². The molecule has 2 heterocycles. The van der Waals surface area contributed by atoms with Crippen LogP contribution >= 0.6 is 0 Å². The number of rotatable bonds is 9. The van der Waals surface area contributed by atoms with Crippen LogP contribution in [-0.2, 0) is 0 Å². The number of nitrogens with one attached hydrogen (secondary N) is 1. The molecular weight excluding hydrogens is 442 g/mol. The second-order valence-corrected chi connectivity index (χ2v) is 8.18. The highest BCUT2D eigenvalue weighted by Crippen LogP contribution is 2.33. The minimum Gasteiger partial charge on any atom is -0.394 e. The Bertz CT molecular complexity index is 1130. The maximum atomic E-state index is 14.3. The van der Waals surface area contributed by atoms with Crippen molar-refractivity contribution in [2.75, 3.05) is 13.2 Å². The Morgan fingerprint density at radius 2 is 1.68 bits per heavy atom. The highest BCUT2D eigenvalue weighted by Gasteiger charge is 2.23. The Labute approximate surface area is 196 Å². The number of aliphatic hydroxyl groups excluding tert-OH is 2. The van der Waals surface area contributed by atoms with Gasteiger partial charge in [0.25, 0.3) is 5.91 Å². The maximum absolute atomic E-state index is 14.3. The van der Waals surface area contributed by atoms with Crippen LogP contribution in [-0.4, -0.2) is 50.6 Å². The zero-order chi connectivity index (χ0) is 24.8. The Morgan fingerprint density at radius 1 is 1.03 bits per heavy atom. The van der Waals surface area contributed by atoms with E-state index in [1.165, 1.54) is 24.3 Å². The highest BCUT2D eigenvalue weighted by atomic mass is 19.1. The fourth-order valence-corrected chi connectivity index (χ4v) is 3.60. The molecular formula is C25H28F2N4O3. The molecule has 2 atom stereocenters. The van der Waals surface area contributed by atoms with Gasteiger partial charge < -0.3 is 15.5 Å². The first-order valence-corrected chi connectivity index (χ1v) is 11.1. The molecule has 3 aromatic rings. The van der Waals surface area contributed by atoms with Crippen LogP contribution in [0.2, 0.25) is 0 Å². The second kappa shape index (κ2) is 11.2. The van der Waals surface area contributed by atoms with Crippen molar-refractivity contribution in [3.05, 3.63) is 76.7 Å². The Hall–Kier alpha value is -3.30. The maximum Gasteiger partial charge on any atom is 0.270 e. The van der Waals surface area contributed by atoms with Gasteiger partial charge in [-0.2, -0.15) is 10.2 Å². The van der Waals surface area contributed by atoms with Gasteiger partial charge in [0.15, 0.2) is 0 Å². The van der Waals surface area contributed by atoms with Crippen LogP contribution in [0.25, 0.3) is 11.3 Å². The summed E-state index contributed by atoms with van der Waals surface area (Å²) in [4.78, 5) is 16.9. The van der Waals surface area contributed by atoms with E-state index in [9.17, 15) is 23.8 Å². The number of halogens is 2. The average Bonchev–Trinajstić information content (AvgIpc) is 2.86. The molecule has 180 valence electrons. The van der Waals surface area contributed by atoms with Crippen molar-refractivity contribution < 1.29 is 23.8 Å². The van der Waals surface area contributed by atoms with E-state index in [0.29, 0.717) is 11.4 Å². The van der Waals surface area contributed by atoms with Gasteiger partial charge in [-0.05, 0) is 48.2 Å². The van der Waals surface area contributed by atoms with Gasteiger partial charge >= 0.3 is 0 Å². The zero-order valence-corrected chi connectivity index (χ0v) is 19.3. The van der Waals surface area contributed by atoms with E-state index in [-0.39, 0.29) is 28.8 Å². The minimum atomic E-state index is -0.787. The summed E-state index contributed by atoms with van der Waals surface area (Å²) in [5.41, 5.74) is 1.96. The number of carbonyl (C=O) groups excluding carboxylic acids is 1. The SMILES string of the molecule is CC[C@@H](C)c1cc(-c2c(F)cccc2F)nnc1C(C)c1cccc(C(=O)NC(CO)CO)n1. The normalized spacial score (nSPS) is 13.1. The molecule has 0 aliphatic carbocycles. The van der Waals surface area contributed by atoms with Gasteiger partial charge in [0, 0.05) is 5.92 Å². The Balaban J connectivity index is 2.00. The van der Waals surface area contributed by atoms with Gasteiger partial charge in [0.1, 0.15) is 17.3 Å². The van der Waals surface area contributed by atoms with Crippen molar-refractivity contribution in [2.24, 2.45) is 0 Å². The number of benzene rings is 1. The Kier molecular flexibility index (Phi) is 8.36. The predicted octanol–water partition coefficient (Wildman–Crippen LogP) is 3.57. The molecule has 1 aromatic carbocycles. The summed E-state index contributed by atoms with van der Waals surface area (Å²) >= 11 is 0. The summed E-state index contributed by atoms with van der Waals surface area (Å²) in [7, 11) is 0. The zero-order valence-electron chi connectivity index (χ0n) is 19.3. The smallest absolute Gasteiger partial charge is 0.270 e. The largest absolute Gasteiger partial charge is 0.394 e. The number of amides is 1. The first kappa shape index (κ1) is 25.3. The number of hydrogen-bond acceptors (Lipinski definition) is 6. The summed E-state index contributed by atoms with van der Waals surface area (Å²) in [5, 5.41) is 29.4. The first-order valence-electron chi connectivity index (χ1n) is 11.1. The predicted molar refractivity (Wildman–Crippen MR) is 123 cm³/mol. The molecule has 2 aromatic heterocycles. The molecule has 0 spiro atoms. The van der Waals surface area contributed by atoms with Crippen LogP contribution in [0.5, 0.6) is 0 Å². The molecule has 1 unspecified atom stereocenters. The summed E-state index contributed by atoms with van der Waals surface area (Å²) < 4.78 is 28.7. The second-order valence-electron chi connectivity index (χ2n) is 8.18. The van der Waals surface area contributed by atoms with Gasteiger partial charge in [0.2, 0.25) is 0 Å². The van der Waals surface area contributed by atoms with Crippen molar-refractivity contribution in [1.82, 2.24) is 20.5 Å². The van der Waals surface area contributed by atoms with Crippen LogP contribution < -0.4 is 5.32 Å². The quantitative estimate of drug-likeness (QED) is 0.441. The third-order valence-electron chi connectivity index (χ3n) is 5.85. The fraction of sp³-hybridized carbons (Fsp3) is 0.360. The van der Waals surface area contributed by atoms with E-state index in [1.807, 2.05) is 20.8 Å². The van der Waals surface area contributed by atoms with Crippen molar-refractivity contribution in [3.63, 3.8) is 0 Å². The highest BCUT2D eigenvalue weighted by molar-refractivity contribution is 5.92. The monoisotopic (exact) mass is 470 g/mol.